The number of Topliss-reactive ketones (excluding diaryl/α,β-unsaturated/α-hetero) is 1. The number of hydrogen-bond donors (Lipinski definition) is 0. The highest BCUT2D eigenvalue weighted by molar-refractivity contribution is 7.99. The standard InChI is InChI=1S/C14H22O3S/c15-13(12-2-1-6-16-12)11-3-7-17-14(10-11)4-8-18-9-5-14/h11-12H,1-10H2. The molecule has 0 saturated carbocycles. The molecule has 3 fully saturated rings. The zero-order valence-corrected chi connectivity index (χ0v) is 11.7. The van der Waals surface area contributed by atoms with Crippen LogP contribution in [-0.4, -0.2) is 42.2 Å². The maximum absolute atomic E-state index is 12.4. The van der Waals surface area contributed by atoms with Crippen LogP contribution in [0.4, 0.5) is 0 Å². The molecular weight excluding hydrogens is 248 g/mol. The van der Waals surface area contributed by atoms with Crippen molar-refractivity contribution < 1.29 is 14.3 Å². The maximum Gasteiger partial charge on any atom is 0.164 e. The minimum absolute atomic E-state index is 0.0163. The summed E-state index contributed by atoms with van der Waals surface area (Å²) in [5.74, 6) is 2.90. The molecule has 2 unspecified atom stereocenters. The van der Waals surface area contributed by atoms with Gasteiger partial charge in [-0.2, -0.15) is 11.8 Å². The molecule has 2 atom stereocenters. The number of ketones is 1. The maximum atomic E-state index is 12.4. The van der Waals surface area contributed by atoms with Crippen LogP contribution in [0.15, 0.2) is 0 Å². The highest BCUT2D eigenvalue weighted by Gasteiger charge is 2.42. The Balaban J connectivity index is 1.64. The van der Waals surface area contributed by atoms with Gasteiger partial charge in [0.15, 0.2) is 5.78 Å². The molecule has 0 N–H and O–H groups in total. The van der Waals surface area contributed by atoms with Crippen LogP contribution >= 0.6 is 11.8 Å². The smallest absolute Gasteiger partial charge is 0.164 e. The Morgan fingerprint density at radius 3 is 2.72 bits per heavy atom. The summed E-state index contributed by atoms with van der Waals surface area (Å²) < 4.78 is 11.6. The van der Waals surface area contributed by atoms with Crippen molar-refractivity contribution in [2.24, 2.45) is 5.92 Å². The molecule has 0 aromatic carbocycles. The minimum atomic E-state index is -0.108. The number of hydrogen-bond acceptors (Lipinski definition) is 4. The summed E-state index contributed by atoms with van der Waals surface area (Å²) in [5, 5.41) is 0. The van der Waals surface area contributed by atoms with Crippen molar-refractivity contribution in [3.05, 3.63) is 0 Å². The monoisotopic (exact) mass is 270 g/mol. The van der Waals surface area contributed by atoms with Gasteiger partial charge in [0.25, 0.3) is 0 Å². The lowest BCUT2D eigenvalue weighted by Crippen LogP contribution is -2.46. The number of rotatable bonds is 2. The molecule has 0 bridgehead atoms. The van der Waals surface area contributed by atoms with Crippen LogP contribution in [0.5, 0.6) is 0 Å². The Bertz CT molecular complexity index is 301. The van der Waals surface area contributed by atoms with Gasteiger partial charge >= 0.3 is 0 Å². The lowest BCUT2D eigenvalue weighted by molar-refractivity contribution is -0.146. The van der Waals surface area contributed by atoms with Gasteiger partial charge in [-0.05, 0) is 50.0 Å². The molecule has 3 saturated heterocycles. The van der Waals surface area contributed by atoms with Crippen LogP contribution in [0.25, 0.3) is 0 Å². The zero-order chi connectivity index (χ0) is 12.4. The van der Waals surface area contributed by atoms with Crippen molar-refractivity contribution in [1.82, 2.24) is 0 Å². The summed E-state index contributed by atoms with van der Waals surface area (Å²) in [5.41, 5.74) is 0.0163. The average Bonchev–Trinajstić information content (AvgIpc) is 2.93. The topological polar surface area (TPSA) is 35.5 Å². The Labute approximate surface area is 113 Å². The first-order valence-corrected chi connectivity index (χ1v) is 8.32. The van der Waals surface area contributed by atoms with Gasteiger partial charge < -0.3 is 9.47 Å². The second-order valence-electron chi connectivity index (χ2n) is 5.74. The minimum Gasteiger partial charge on any atom is -0.375 e. The molecule has 3 aliphatic heterocycles. The first-order chi connectivity index (χ1) is 8.79. The first kappa shape index (κ1) is 12.9. The van der Waals surface area contributed by atoms with E-state index in [-0.39, 0.29) is 17.6 Å². The van der Waals surface area contributed by atoms with Gasteiger partial charge in [0.2, 0.25) is 0 Å². The predicted molar refractivity (Wildman–Crippen MR) is 71.9 cm³/mol. The molecular formula is C14H22O3S. The van der Waals surface area contributed by atoms with Gasteiger partial charge in [-0.15, -0.1) is 0 Å². The van der Waals surface area contributed by atoms with E-state index in [9.17, 15) is 4.79 Å². The zero-order valence-electron chi connectivity index (χ0n) is 10.9. The fourth-order valence-corrected chi connectivity index (χ4v) is 4.66. The van der Waals surface area contributed by atoms with E-state index in [1.807, 2.05) is 11.8 Å². The van der Waals surface area contributed by atoms with E-state index in [4.69, 9.17) is 9.47 Å². The van der Waals surface area contributed by atoms with E-state index in [2.05, 4.69) is 0 Å². The molecule has 4 heteroatoms. The van der Waals surface area contributed by atoms with Crippen molar-refractivity contribution in [2.45, 2.75) is 50.2 Å². The molecule has 3 aliphatic rings. The van der Waals surface area contributed by atoms with Crippen LogP contribution in [0.3, 0.4) is 0 Å². The van der Waals surface area contributed by atoms with E-state index in [1.54, 1.807) is 0 Å². The number of carbonyl (C=O) groups is 1. The Morgan fingerprint density at radius 2 is 2.00 bits per heavy atom. The van der Waals surface area contributed by atoms with Crippen LogP contribution in [-0.2, 0) is 14.3 Å². The summed E-state index contributed by atoms with van der Waals surface area (Å²) in [6.07, 6.45) is 5.93. The van der Waals surface area contributed by atoms with Crippen LogP contribution in [0.2, 0.25) is 0 Å². The molecule has 102 valence electrons. The second kappa shape index (κ2) is 5.51. The van der Waals surface area contributed by atoms with E-state index in [0.717, 1.165) is 51.7 Å². The van der Waals surface area contributed by atoms with Gasteiger partial charge in [-0.1, -0.05) is 0 Å². The molecule has 0 amide bonds. The van der Waals surface area contributed by atoms with Crippen molar-refractivity contribution in [2.75, 3.05) is 24.7 Å². The SMILES string of the molecule is O=C(C1CCOC2(CCSCC2)C1)C1CCCO1. The van der Waals surface area contributed by atoms with Crippen molar-refractivity contribution in [3.8, 4) is 0 Å². The average molecular weight is 270 g/mol. The number of ether oxygens (including phenoxy) is 2. The highest BCUT2D eigenvalue weighted by Crippen LogP contribution is 2.40. The molecule has 0 aromatic rings. The normalized spacial score (nSPS) is 35.8. The number of carbonyl (C=O) groups excluding carboxylic acids is 1. The molecule has 1 spiro atoms. The lowest BCUT2D eigenvalue weighted by Gasteiger charge is -2.43. The van der Waals surface area contributed by atoms with Crippen LogP contribution in [0.1, 0.15) is 38.5 Å². The van der Waals surface area contributed by atoms with Crippen molar-refractivity contribution in [1.29, 1.82) is 0 Å². The van der Waals surface area contributed by atoms with Gasteiger partial charge in [-0.3, -0.25) is 4.79 Å². The van der Waals surface area contributed by atoms with Gasteiger partial charge in [-0.25, -0.2) is 0 Å². The highest BCUT2D eigenvalue weighted by atomic mass is 32.2. The largest absolute Gasteiger partial charge is 0.375 e. The van der Waals surface area contributed by atoms with Crippen LogP contribution < -0.4 is 0 Å². The summed E-state index contributed by atoms with van der Waals surface area (Å²) in [6, 6.07) is 0. The Hall–Kier alpha value is -0.0600. The van der Waals surface area contributed by atoms with Crippen molar-refractivity contribution >= 4 is 17.5 Å². The van der Waals surface area contributed by atoms with Gasteiger partial charge in [0.1, 0.15) is 6.10 Å². The first-order valence-electron chi connectivity index (χ1n) is 7.16. The third-order valence-corrected chi connectivity index (χ3v) is 5.53. The Kier molecular flexibility index (Phi) is 3.97. The fraction of sp³-hybridized carbons (Fsp3) is 0.929. The van der Waals surface area contributed by atoms with E-state index < -0.39 is 0 Å². The summed E-state index contributed by atoms with van der Waals surface area (Å²) in [7, 11) is 0. The van der Waals surface area contributed by atoms with E-state index in [1.165, 1.54) is 11.5 Å². The van der Waals surface area contributed by atoms with E-state index in [0.29, 0.717) is 5.78 Å². The molecule has 3 nitrogen and oxygen atoms in total. The molecule has 0 aliphatic carbocycles. The van der Waals surface area contributed by atoms with Crippen molar-refractivity contribution in [3.63, 3.8) is 0 Å². The van der Waals surface area contributed by atoms with Gasteiger partial charge in [0.05, 0.1) is 5.60 Å². The molecule has 18 heavy (non-hydrogen) atoms. The lowest BCUT2D eigenvalue weighted by atomic mass is 9.79. The third kappa shape index (κ3) is 2.61. The third-order valence-electron chi connectivity index (χ3n) is 4.55. The van der Waals surface area contributed by atoms with Crippen LogP contribution in [0, 0.1) is 5.92 Å². The molecule has 3 rings (SSSR count). The predicted octanol–water partition coefficient (Wildman–Crippen LogP) is 2.43. The second-order valence-corrected chi connectivity index (χ2v) is 6.96. The van der Waals surface area contributed by atoms with E-state index >= 15 is 0 Å². The van der Waals surface area contributed by atoms with Gasteiger partial charge in [0, 0.05) is 19.1 Å². The summed E-state index contributed by atoms with van der Waals surface area (Å²) in [4.78, 5) is 12.4. The molecule has 0 radical (unpaired) electrons. The summed E-state index contributed by atoms with van der Waals surface area (Å²) >= 11 is 2.01. The molecule has 3 heterocycles. The quantitative estimate of drug-likeness (QED) is 0.772. The summed E-state index contributed by atoms with van der Waals surface area (Å²) in [6.45, 7) is 1.52. The molecule has 0 aromatic heterocycles. The Morgan fingerprint density at radius 1 is 1.17 bits per heavy atom. The fourth-order valence-electron chi connectivity index (χ4n) is 3.43. The number of thioether (sulfide) groups is 1.